The number of H-pyrrole nitrogens is 1. The zero-order chi connectivity index (χ0) is 22.0. The monoisotopic (exact) mass is 428 g/mol. The predicted molar refractivity (Wildman–Crippen MR) is 112 cm³/mol. The van der Waals surface area contributed by atoms with Crippen LogP contribution in [-0.4, -0.2) is 15.1 Å². The zero-order valence-electron chi connectivity index (χ0n) is 17.0. The first kappa shape index (κ1) is 21.2. The lowest BCUT2D eigenvalue weighted by Crippen LogP contribution is -2.28. The Morgan fingerprint density at radius 3 is 2.61 bits per heavy atom. The standard InChI is InChI=1S/C24H23F3N2O2/c1-2-22(30)19-6-4-3-5-18(19)15-7-12-20-21(13-15)29-23(28-20)14-31-17-10-8-16(9-11-17)24(25,26)27/h3-6,8-13,15,22,30H,2,7,14H2,1H3,(H,28,29). The fourth-order valence-electron chi connectivity index (χ4n) is 3.79. The third-order valence-electron chi connectivity index (χ3n) is 5.44. The number of aromatic nitrogens is 2. The lowest BCUT2D eigenvalue weighted by atomic mass is 9.87. The zero-order valence-corrected chi connectivity index (χ0v) is 17.0. The second-order valence-corrected chi connectivity index (χ2v) is 7.56. The van der Waals surface area contributed by atoms with E-state index < -0.39 is 17.8 Å². The second-order valence-electron chi connectivity index (χ2n) is 7.56. The third-order valence-corrected chi connectivity index (χ3v) is 5.44. The molecule has 0 saturated carbocycles. The Hall–Kier alpha value is -3.06. The van der Waals surface area contributed by atoms with Crippen molar-refractivity contribution in [3.05, 3.63) is 81.7 Å². The highest BCUT2D eigenvalue weighted by atomic mass is 19.4. The van der Waals surface area contributed by atoms with Gasteiger partial charge < -0.3 is 14.8 Å². The number of fused-ring (bicyclic) bond motifs is 1. The number of ether oxygens (including phenoxy) is 1. The highest BCUT2D eigenvalue weighted by Gasteiger charge is 2.30. The fourth-order valence-corrected chi connectivity index (χ4v) is 3.79. The molecule has 7 heteroatoms. The number of nitrogens with zero attached hydrogens (tertiary/aromatic N) is 1. The van der Waals surface area contributed by atoms with Crippen LogP contribution in [0.3, 0.4) is 0 Å². The quantitative estimate of drug-likeness (QED) is 0.619. The molecule has 1 aliphatic carbocycles. The van der Waals surface area contributed by atoms with Gasteiger partial charge in [0.1, 0.15) is 18.2 Å². The maximum absolute atomic E-state index is 12.7. The van der Waals surface area contributed by atoms with Crippen LogP contribution in [0.2, 0.25) is 0 Å². The Morgan fingerprint density at radius 2 is 1.90 bits per heavy atom. The molecule has 162 valence electrons. The number of aliphatic hydroxyl groups is 1. The highest BCUT2D eigenvalue weighted by molar-refractivity contribution is 5.49. The van der Waals surface area contributed by atoms with E-state index in [1.165, 1.54) is 12.1 Å². The minimum absolute atomic E-state index is 0.119. The molecule has 0 spiro atoms. The molecule has 1 heterocycles. The van der Waals surface area contributed by atoms with Gasteiger partial charge in [-0.25, -0.2) is 4.98 Å². The number of rotatable bonds is 6. The second kappa shape index (κ2) is 8.59. The summed E-state index contributed by atoms with van der Waals surface area (Å²) < 4.78 is 43.6. The van der Waals surface area contributed by atoms with Gasteiger partial charge in [0, 0.05) is 5.92 Å². The Labute approximate surface area is 177 Å². The minimum Gasteiger partial charge on any atom is -0.486 e. The van der Waals surface area contributed by atoms with Gasteiger partial charge in [0.2, 0.25) is 0 Å². The average molecular weight is 428 g/mol. The summed E-state index contributed by atoms with van der Waals surface area (Å²) in [5, 5.41) is 12.1. The van der Waals surface area contributed by atoms with Crippen molar-refractivity contribution in [1.82, 2.24) is 9.97 Å². The summed E-state index contributed by atoms with van der Waals surface area (Å²) in [5.41, 5.74) is 1.32. The summed E-state index contributed by atoms with van der Waals surface area (Å²) in [6.07, 6.45) is 0.699. The lowest BCUT2D eigenvalue weighted by Gasteiger charge is -2.20. The number of alkyl halides is 3. The van der Waals surface area contributed by atoms with E-state index in [4.69, 9.17) is 4.74 Å². The number of hydrogen-bond acceptors (Lipinski definition) is 3. The maximum atomic E-state index is 12.7. The molecule has 0 aliphatic heterocycles. The first-order valence-electron chi connectivity index (χ1n) is 10.2. The molecule has 0 fully saturated rings. The van der Waals surface area contributed by atoms with E-state index >= 15 is 0 Å². The van der Waals surface area contributed by atoms with Gasteiger partial charge in [-0.3, -0.25) is 0 Å². The van der Waals surface area contributed by atoms with Crippen molar-refractivity contribution in [1.29, 1.82) is 0 Å². The van der Waals surface area contributed by atoms with E-state index in [0.29, 0.717) is 18.0 Å². The fraction of sp³-hybridized carbons (Fsp3) is 0.292. The van der Waals surface area contributed by atoms with E-state index in [1.807, 2.05) is 37.3 Å². The van der Waals surface area contributed by atoms with Crippen molar-refractivity contribution in [2.75, 3.05) is 0 Å². The Morgan fingerprint density at radius 1 is 1.16 bits per heavy atom. The molecule has 3 aromatic rings. The van der Waals surface area contributed by atoms with Gasteiger partial charge in [0.15, 0.2) is 0 Å². The molecule has 2 aromatic carbocycles. The Bertz CT molecular complexity index is 1170. The largest absolute Gasteiger partial charge is 0.486 e. The van der Waals surface area contributed by atoms with Gasteiger partial charge in [-0.2, -0.15) is 13.2 Å². The van der Waals surface area contributed by atoms with Crippen molar-refractivity contribution in [2.24, 2.45) is 0 Å². The number of aromatic amines is 1. The predicted octanol–water partition coefficient (Wildman–Crippen LogP) is 4.20. The number of hydrogen-bond donors (Lipinski definition) is 2. The number of benzene rings is 2. The van der Waals surface area contributed by atoms with Gasteiger partial charge in [-0.15, -0.1) is 0 Å². The molecule has 0 saturated heterocycles. The van der Waals surface area contributed by atoms with Crippen LogP contribution in [0.15, 0.2) is 48.5 Å². The molecular weight excluding hydrogens is 405 g/mol. The van der Waals surface area contributed by atoms with Crippen LogP contribution < -0.4 is 15.4 Å². The molecule has 2 atom stereocenters. The van der Waals surface area contributed by atoms with Gasteiger partial charge in [-0.05, 0) is 48.2 Å². The number of aliphatic hydroxyl groups excluding tert-OH is 1. The van der Waals surface area contributed by atoms with E-state index in [1.54, 1.807) is 0 Å². The van der Waals surface area contributed by atoms with Gasteiger partial charge in [0.05, 0.1) is 22.4 Å². The molecule has 1 aliphatic rings. The van der Waals surface area contributed by atoms with Crippen molar-refractivity contribution >= 4 is 12.2 Å². The van der Waals surface area contributed by atoms with Crippen LogP contribution in [0.5, 0.6) is 5.75 Å². The third kappa shape index (κ3) is 4.66. The van der Waals surface area contributed by atoms with E-state index in [2.05, 4.69) is 16.0 Å². The van der Waals surface area contributed by atoms with Gasteiger partial charge >= 0.3 is 6.18 Å². The molecule has 1 aromatic heterocycles. The summed E-state index contributed by atoms with van der Waals surface area (Å²) in [4.78, 5) is 7.76. The highest BCUT2D eigenvalue weighted by Crippen LogP contribution is 2.31. The number of imidazole rings is 1. The first-order chi connectivity index (χ1) is 14.8. The molecule has 0 bridgehead atoms. The average Bonchev–Trinajstić information content (AvgIpc) is 3.19. The molecule has 4 nitrogen and oxygen atoms in total. The summed E-state index contributed by atoms with van der Waals surface area (Å²) in [7, 11) is 0. The molecule has 0 amide bonds. The number of nitrogens with one attached hydrogen (secondary N) is 1. The number of halogens is 3. The normalized spacial score (nSPS) is 16.7. The smallest absolute Gasteiger partial charge is 0.416 e. The van der Waals surface area contributed by atoms with Crippen molar-refractivity contribution in [3.8, 4) is 5.75 Å². The maximum Gasteiger partial charge on any atom is 0.416 e. The molecular formula is C24H23F3N2O2. The summed E-state index contributed by atoms with van der Waals surface area (Å²) >= 11 is 0. The molecule has 0 radical (unpaired) electrons. The summed E-state index contributed by atoms with van der Waals surface area (Å²) in [6, 6.07) is 12.5. The minimum atomic E-state index is -4.37. The van der Waals surface area contributed by atoms with Crippen molar-refractivity contribution in [2.45, 2.75) is 44.6 Å². The van der Waals surface area contributed by atoms with Gasteiger partial charge in [-0.1, -0.05) is 43.3 Å². The van der Waals surface area contributed by atoms with E-state index in [0.717, 1.165) is 40.4 Å². The van der Waals surface area contributed by atoms with Crippen LogP contribution in [0.1, 0.15) is 54.3 Å². The molecule has 2 unspecified atom stereocenters. The first-order valence-corrected chi connectivity index (χ1v) is 10.2. The van der Waals surface area contributed by atoms with Crippen LogP contribution in [0.4, 0.5) is 13.2 Å². The molecule has 2 N–H and O–H groups in total. The van der Waals surface area contributed by atoms with E-state index in [-0.39, 0.29) is 12.5 Å². The van der Waals surface area contributed by atoms with Crippen LogP contribution in [-0.2, 0) is 12.8 Å². The molecule has 31 heavy (non-hydrogen) atoms. The Kier molecular flexibility index (Phi) is 5.87. The topological polar surface area (TPSA) is 58.1 Å². The Balaban J connectivity index is 1.51. The van der Waals surface area contributed by atoms with E-state index in [9.17, 15) is 18.3 Å². The van der Waals surface area contributed by atoms with Crippen LogP contribution >= 0.6 is 0 Å². The van der Waals surface area contributed by atoms with Crippen LogP contribution in [0.25, 0.3) is 12.2 Å². The van der Waals surface area contributed by atoms with Crippen molar-refractivity contribution < 1.29 is 23.0 Å². The lowest BCUT2D eigenvalue weighted by molar-refractivity contribution is -0.137. The van der Waals surface area contributed by atoms with Crippen molar-refractivity contribution in [3.63, 3.8) is 0 Å². The SMILES string of the molecule is CCC(O)c1ccccc1C1C=c2[nH]c(COc3ccc(C(F)(F)F)cc3)nc2=CC1. The van der Waals surface area contributed by atoms with Crippen LogP contribution in [0, 0.1) is 0 Å². The summed E-state index contributed by atoms with van der Waals surface area (Å²) in [5.74, 6) is 1.06. The molecule has 4 rings (SSSR count). The summed E-state index contributed by atoms with van der Waals surface area (Å²) in [6.45, 7) is 2.07. The van der Waals surface area contributed by atoms with Gasteiger partial charge in [0.25, 0.3) is 0 Å².